The number of aliphatic hydroxyl groups is 1. The number of rotatable bonds is 9. The number of aliphatic hydroxyl groups excluding tert-OH is 1. The Morgan fingerprint density at radius 2 is 1.78 bits per heavy atom. The summed E-state index contributed by atoms with van der Waals surface area (Å²) in [5.74, 6) is -1.11. The Labute approximate surface area is 225 Å². The molecule has 9 nitrogen and oxygen atoms in total. The summed E-state index contributed by atoms with van der Waals surface area (Å²) < 4.78 is 95.8. The highest BCUT2D eigenvalue weighted by Crippen LogP contribution is 2.32. The van der Waals surface area contributed by atoms with Gasteiger partial charge in [-0.3, -0.25) is 9.59 Å². The first-order valence-electron chi connectivity index (χ1n) is 11.9. The molecule has 0 aliphatic carbocycles. The molecular formula is C25H21F7N6O3. The van der Waals surface area contributed by atoms with Gasteiger partial charge in [-0.2, -0.15) is 18.3 Å². The molecule has 3 heterocycles. The predicted octanol–water partition coefficient (Wildman–Crippen LogP) is 4.23. The lowest BCUT2D eigenvalue weighted by atomic mass is 10.1. The van der Waals surface area contributed by atoms with Gasteiger partial charge in [0, 0.05) is 36.6 Å². The minimum absolute atomic E-state index is 0.110. The van der Waals surface area contributed by atoms with Crippen molar-refractivity contribution in [1.29, 1.82) is 0 Å². The average Bonchev–Trinajstić information content (AvgIpc) is 2.89. The Balaban J connectivity index is 1.50. The molecule has 3 N–H and O–H groups in total. The molecule has 0 amide bonds. The molecular weight excluding hydrogens is 565 g/mol. The van der Waals surface area contributed by atoms with Crippen molar-refractivity contribution in [1.82, 2.24) is 24.7 Å². The Hall–Kier alpha value is -4.34. The standard InChI is InChI=1S/C25H21F7N6O3/c1-11(36-18-9-35-37-23(40)19(18)25(30,31)32)4-14(26)10-38-3-2-12-5-16(17(27)6-15(12)24(38)41)22-33-7-13(8-34-22)20(39)21(28)29/h2-3,5-9,11,14,20-21,39H,4,10H2,1H3,(H2,36,37,40)/t11-,14-,20+/m1/s1. The van der Waals surface area contributed by atoms with E-state index in [-0.39, 0.29) is 34.1 Å². The monoisotopic (exact) mass is 586 g/mol. The second-order valence-corrected chi connectivity index (χ2v) is 9.18. The van der Waals surface area contributed by atoms with Crippen LogP contribution in [0.4, 0.5) is 36.4 Å². The molecule has 3 aromatic heterocycles. The van der Waals surface area contributed by atoms with Gasteiger partial charge in [0.1, 0.15) is 23.7 Å². The minimum Gasteiger partial charge on any atom is -0.382 e. The number of benzene rings is 1. The van der Waals surface area contributed by atoms with Crippen LogP contribution in [0.25, 0.3) is 22.2 Å². The predicted molar refractivity (Wildman–Crippen MR) is 133 cm³/mol. The second kappa shape index (κ2) is 11.6. The third-order valence-corrected chi connectivity index (χ3v) is 6.10. The lowest BCUT2D eigenvalue weighted by Gasteiger charge is -2.20. The number of anilines is 1. The van der Waals surface area contributed by atoms with Gasteiger partial charge < -0.3 is 15.0 Å². The van der Waals surface area contributed by atoms with Crippen LogP contribution in [-0.2, 0) is 12.7 Å². The minimum atomic E-state index is -4.98. The van der Waals surface area contributed by atoms with Gasteiger partial charge in [0.25, 0.3) is 17.5 Å². The smallest absolute Gasteiger partial charge is 0.382 e. The number of halogens is 7. The first kappa shape index (κ1) is 29.6. The Bertz CT molecular complexity index is 1660. The van der Waals surface area contributed by atoms with E-state index in [4.69, 9.17) is 0 Å². The number of pyridine rings is 1. The van der Waals surface area contributed by atoms with Crippen LogP contribution in [0.5, 0.6) is 0 Å². The van der Waals surface area contributed by atoms with Gasteiger partial charge in [0.2, 0.25) is 0 Å². The first-order chi connectivity index (χ1) is 19.3. The molecule has 3 atom stereocenters. The van der Waals surface area contributed by atoms with E-state index < -0.39 is 65.7 Å². The molecule has 1 aromatic carbocycles. The van der Waals surface area contributed by atoms with Crippen LogP contribution in [0.3, 0.4) is 0 Å². The molecule has 0 aliphatic heterocycles. The lowest BCUT2D eigenvalue weighted by molar-refractivity contribution is -0.138. The van der Waals surface area contributed by atoms with E-state index in [9.17, 15) is 45.4 Å². The number of aromatic nitrogens is 5. The van der Waals surface area contributed by atoms with E-state index in [2.05, 4.69) is 20.4 Å². The Morgan fingerprint density at radius 1 is 1.10 bits per heavy atom. The molecule has 0 spiro atoms. The van der Waals surface area contributed by atoms with Crippen molar-refractivity contribution in [3.05, 3.63) is 80.6 Å². The van der Waals surface area contributed by atoms with E-state index in [1.54, 1.807) is 5.10 Å². The number of fused-ring (bicyclic) bond motifs is 1. The number of H-pyrrole nitrogens is 1. The largest absolute Gasteiger partial charge is 0.423 e. The number of alkyl halides is 6. The Morgan fingerprint density at radius 3 is 2.41 bits per heavy atom. The van der Waals surface area contributed by atoms with E-state index in [1.165, 1.54) is 25.3 Å². The maximum absolute atomic E-state index is 14.9. The number of hydrogen-bond donors (Lipinski definition) is 3. The van der Waals surface area contributed by atoms with Crippen LogP contribution in [0.1, 0.15) is 30.6 Å². The van der Waals surface area contributed by atoms with Crippen molar-refractivity contribution in [3.63, 3.8) is 0 Å². The van der Waals surface area contributed by atoms with Gasteiger partial charge >= 0.3 is 6.18 Å². The summed E-state index contributed by atoms with van der Waals surface area (Å²) >= 11 is 0. The third kappa shape index (κ3) is 6.53. The molecule has 0 fully saturated rings. The molecule has 0 aliphatic rings. The van der Waals surface area contributed by atoms with Crippen LogP contribution in [0.15, 0.2) is 52.6 Å². The third-order valence-electron chi connectivity index (χ3n) is 6.10. The number of nitrogens with zero attached hydrogens (tertiary/aromatic N) is 4. The zero-order valence-electron chi connectivity index (χ0n) is 21.0. The second-order valence-electron chi connectivity index (χ2n) is 9.18. The SMILES string of the molecule is C[C@H](C[C@@H](F)Cn1ccc2cc(-c3ncc([C@H](O)C(F)F)cn3)c(F)cc2c1=O)Nc1cn[nH]c(=O)c1C(F)(F)F. The number of aromatic amines is 1. The van der Waals surface area contributed by atoms with E-state index >= 15 is 0 Å². The molecule has 0 bridgehead atoms. The maximum Gasteiger partial charge on any atom is 0.423 e. The van der Waals surface area contributed by atoms with Gasteiger partial charge in [0.15, 0.2) is 5.82 Å². The number of nitrogens with one attached hydrogen (secondary N) is 2. The molecule has 16 heteroatoms. The van der Waals surface area contributed by atoms with Crippen molar-refractivity contribution >= 4 is 16.5 Å². The van der Waals surface area contributed by atoms with Crippen LogP contribution < -0.4 is 16.4 Å². The van der Waals surface area contributed by atoms with Crippen LogP contribution >= 0.6 is 0 Å². The van der Waals surface area contributed by atoms with Crippen molar-refractivity contribution in [3.8, 4) is 11.4 Å². The van der Waals surface area contributed by atoms with Crippen LogP contribution in [-0.4, -0.2) is 48.5 Å². The maximum atomic E-state index is 14.9. The van der Waals surface area contributed by atoms with Crippen LogP contribution in [0, 0.1) is 5.82 Å². The average molecular weight is 586 g/mol. The highest BCUT2D eigenvalue weighted by Gasteiger charge is 2.37. The molecule has 0 saturated heterocycles. The molecule has 41 heavy (non-hydrogen) atoms. The van der Waals surface area contributed by atoms with E-state index in [0.717, 1.165) is 29.2 Å². The zero-order chi connectivity index (χ0) is 30.1. The fraction of sp³-hybridized carbons (Fsp3) is 0.320. The first-order valence-corrected chi connectivity index (χ1v) is 11.9. The topological polar surface area (TPSA) is 126 Å². The fourth-order valence-corrected chi connectivity index (χ4v) is 4.18. The van der Waals surface area contributed by atoms with Gasteiger partial charge in [0.05, 0.1) is 29.4 Å². The summed E-state index contributed by atoms with van der Waals surface area (Å²) in [7, 11) is 0. The number of hydrogen-bond acceptors (Lipinski definition) is 7. The summed E-state index contributed by atoms with van der Waals surface area (Å²) in [4.78, 5) is 32.2. The summed E-state index contributed by atoms with van der Waals surface area (Å²) in [5, 5.41) is 17.0. The van der Waals surface area contributed by atoms with Crippen LogP contribution in [0.2, 0.25) is 0 Å². The summed E-state index contributed by atoms with van der Waals surface area (Å²) in [6, 6.07) is 2.64. The van der Waals surface area contributed by atoms with Crippen molar-refractivity contribution in [2.24, 2.45) is 0 Å². The quantitative estimate of drug-likeness (QED) is 0.251. The normalized spacial score (nSPS) is 14.3. The molecule has 4 rings (SSSR count). The highest BCUT2D eigenvalue weighted by atomic mass is 19.4. The lowest BCUT2D eigenvalue weighted by Crippen LogP contribution is -2.30. The van der Waals surface area contributed by atoms with Gasteiger partial charge in [-0.1, -0.05) is 0 Å². The van der Waals surface area contributed by atoms with Gasteiger partial charge in [-0.15, -0.1) is 0 Å². The summed E-state index contributed by atoms with van der Waals surface area (Å²) in [5.41, 5.74) is -4.76. The molecule has 0 radical (unpaired) electrons. The summed E-state index contributed by atoms with van der Waals surface area (Å²) in [6.07, 6.45) is -8.37. The molecule has 218 valence electrons. The molecule has 0 saturated carbocycles. The zero-order valence-corrected chi connectivity index (χ0v) is 21.0. The molecule has 4 aromatic rings. The Kier molecular flexibility index (Phi) is 8.42. The molecule has 0 unspecified atom stereocenters. The fourth-order valence-electron chi connectivity index (χ4n) is 4.18. The van der Waals surface area contributed by atoms with Gasteiger partial charge in [-0.05, 0) is 30.5 Å². The van der Waals surface area contributed by atoms with E-state index in [0.29, 0.717) is 0 Å². The van der Waals surface area contributed by atoms with Gasteiger partial charge in [-0.25, -0.2) is 32.6 Å². The van der Waals surface area contributed by atoms with E-state index in [1.807, 2.05) is 0 Å². The van der Waals surface area contributed by atoms with Crippen molar-refractivity contribution in [2.75, 3.05) is 5.32 Å². The van der Waals surface area contributed by atoms with Crippen molar-refractivity contribution in [2.45, 2.75) is 50.8 Å². The van der Waals surface area contributed by atoms with Crippen molar-refractivity contribution < 1.29 is 35.8 Å². The highest BCUT2D eigenvalue weighted by molar-refractivity contribution is 5.86. The summed E-state index contributed by atoms with van der Waals surface area (Å²) in [6.45, 7) is 0.887.